The van der Waals surface area contributed by atoms with Gasteiger partial charge in [0.05, 0.1) is 0 Å². The van der Waals surface area contributed by atoms with Crippen molar-refractivity contribution in [3.8, 4) is 0 Å². The molecule has 92 valence electrons. The van der Waals surface area contributed by atoms with E-state index in [1.807, 2.05) is 0 Å². The lowest BCUT2D eigenvalue weighted by Gasteiger charge is -2.27. The molecule has 0 N–H and O–H groups in total. The molecule has 0 heteroatoms. The molecule has 0 aromatic carbocycles. The van der Waals surface area contributed by atoms with Crippen molar-refractivity contribution in [1.82, 2.24) is 0 Å². The van der Waals surface area contributed by atoms with E-state index >= 15 is 0 Å². The first-order valence-corrected chi connectivity index (χ1v) is 6.98. The Morgan fingerprint density at radius 2 is 1.27 bits per heavy atom. The van der Waals surface area contributed by atoms with Crippen molar-refractivity contribution in [2.45, 2.75) is 86.0 Å². The summed E-state index contributed by atoms with van der Waals surface area (Å²) in [5.74, 6) is 0.869. The highest BCUT2D eigenvalue weighted by molar-refractivity contribution is 4.69. The van der Waals surface area contributed by atoms with Crippen molar-refractivity contribution in [3.05, 3.63) is 0 Å². The zero-order valence-corrected chi connectivity index (χ0v) is 11.7. The lowest BCUT2D eigenvalue weighted by Crippen LogP contribution is -2.16. The molecule has 0 radical (unpaired) electrons. The van der Waals surface area contributed by atoms with Gasteiger partial charge in [-0.1, -0.05) is 86.0 Å². The average Bonchev–Trinajstić information content (AvgIpc) is 2.14. The zero-order chi connectivity index (χ0) is 11.7. The van der Waals surface area contributed by atoms with Gasteiger partial charge >= 0.3 is 0 Å². The predicted octanol–water partition coefficient (Wildman–Crippen LogP) is 5.81. The van der Waals surface area contributed by atoms with Gasteiger partial charge in [-0.05, 0) is 11.3 Å². The molecule has 0 heterocycles. The van der Waals surface area contributed by atoms with Crippen LogP contribution in [-0.4, -0.2) is 0 Å². The molecule has 0 rings (SSSR count). The van der Waals surface area contributed by atoms with Crippen molar-refractivity contribution in [2.75, 3.05) is 0 Å². The third-order valence-electron chi connectivity index (χ3n) is 3.72. The molecule has 0 aromatic heterocycles. The molecule has 0 aliphatic heterocycles. The Morgan fingerprint density at radius 1 is 0.800 bits per heavy atom. The second-order valence-electron chi connectivity index (χ2n) is 6.18. The molecule has 0 amide bonds. The van der Waals surface area contributed by atoms with E-state index in [-0.39, 0.29) is 0 Å². The number of unbranched alkanes of at least 4 members (excludes halogenated alkanes) is 6. The monoisotopic (exact) mass is 212 g/mol. The molecule has 0 aromatic rings. The molecule has 0 fully saturated rings. The van der Waals surface area contributed by atoms with E-state index in [0.717, 1.165) is 5.92 Å². The van der Waals surface area contributed by atoms with Crippen LogP contribution < -0.4 is 0 Å². The first-order valence-electron chi connectivity index (χ1n) is 6.98. The van der Waals surface area contributed by atoms with Crippen LogP contribution in [0.1, 0.15) is 86.0 Å². The van der Waals surface area contributed by atoms with Crippen LogP contribution in [0.15, 0.2) is 0 Å². The van der Waals surface area contributed by atoms with E-state index in [9.17, 15) is 0 Å². The Balaban J connectivity index is 3.24. The summed E-state index contributed by atoms with van der Waals surface area (Å²) >= 11 is 0. The number of rotatable bonds is 8. The van der Waals surface area contributed by atoms with E-state index in [1.54, 1.807) is 0 Å². The fourth-order valence-electron chi connectivity index (χ4n) is 1.84. The number of hydrogen-bond acceptors (Lipinski definition) is 0. The standard InChI is InChI=1S/C15H32/c1-6-7-8-9-10-11-12-13-14(2)15(3,4)5/h14H,6-13H2,1-5H3. The quantitative estimate of drug-likeness (QED) is 0.445. The minimum atomic E-state index is 0.502. The van der Waals surface area contributed by atoms with Gasteiger partial charge in [-0.3, -0.25) is 0 Å². The smallest absolute Gasteiger partial charge is 0.0357 e. The summed E-state index contributed by atoms with van der Waals surface area (Å²) in [6, 6.07) is 0. The predicted molar refractivity (Wildman–Crippen MR) is 71.2 cm³/mol. The third kappa shape index (κ3) is 8.96. The van der Waals surface area contributed by atoms with Crippen molar-refractivity contribution in [1.29, 1.82) is 0 Å². The van der Waals surface area contributed by atoms with Crippen LogP contribution in [0.5, 0.6) is 0 Å². The van der Waals surface area contributed by atoms with Gasteiger partial charge < -0.3 is 0 Å². The minimum absolute atomic E-state index is 0.502. The van der Waals surface area contributed by atoms with E-state index in [2.05, 4.69) is 34.6 Å². The molecule has 0 bridgehead atoms. The van der Waals surface area contributed by atoms with Crippen LogP contribution in [-0.2, 0) is 0 Å². The molecule has 1 atom stereocenters. The number of hydrogen-bond donors (Lipinski definition) is 0. The van der Waals surface area contributed by atoms with Gasteiger partial charge in [0.25, 0.3) is 0 Å². The Hall–Kier alpha value is 0. The minimum Gasteiger partial charge on any atom is -0.0654 e. The maximum absolute atomic E-state index is 2.40. The SMILES string of the molecule is CCCCCCCCCC(C)C(C)(C)C. The Labute approximate surface area is 97.8 Å². The third-order valence-corrected chi connectivity index (χ3v) is 3.72. The fourth-order valence-corrected chi connectivity index (χ4v) is 1.84. The van der Waals surface area contributed by atoms with Crippen LogP contribution in [0.3, 0.4) is 0 Å². The molecule has 15 heavy (non-hydrogen) atoms. The molecule has 0 aliphatic rings. The van der Waals surface area contributed by atoms with Gasteiger partial charge in [0.2, 0.25) is 0 Å². The van der Waals surface area contributed by atoms with Crippen molar-refractivity contribution in [2.24, 2.45) is 11.3 Å². The Morgan fingerprint density at radius 3 is 1.73 bits per heavy atom. The summed E-state index contributed by atoms with van der Waals surface area (Å²) in [6.07, 6.45) is 11.4. The second-order valence-corrected chi connectivity index (χ2v) is 6.18. The van der Waals surface area contributed by atoms with E-state index < -0.39 is 0 Å². The van der Waals surface area contributed by atoms with Crippen LogP contribution >= 0.6 is 0 Å². The zero-order valence-electron chi connectivity index (χ0n) is 11.7. The molecular formula is C15H32. The molecule has 0 saturated carbocycles. The van der Waals surface area contributed by atoms with Gasteiger partial charge in [-0.2, -0.15) is 0 Å². The van der Waals surface area contributed by atoms with Gasteiger partial charge in [0.1, 0.15) is 0 Å². The molecular weight excluding hydrogens is 180 g/mol. The largest absolute Gasteiger partial charge is 0.0654 e. The van der Waals surface area contributed by atoms with E-state index in [0.29, 0.717) is 5.41 Å². The topological polar surface area (TPSA) is 0 Å². The summed E-state index contributed by atoms with van der Waals surface area (Å²) in [4.78, 5) is 0. The van der Waals surface area contributed by atoms with Gasteiger partial charge in [-0.25, -0.2) is 0 Å². The van der Waals surface area contributed by atoms with Crippen LogP contribution in [0, 0.1) is 11.3 Å². The highest BCUT2D eigenvalue weighted by atomic mass is 14.2. The average molecular weight is 212 g/mol. The molecule has 0 aliphatic carbocycles. The van der Waals surface area contributed by atoms with Crippen LogP contribution in [0.4, 0.5) is 0 Å². The van der Waals surface area contributed by atoms with Gasteiger partial charge in [-0.15, -0.1) is 0 Å². The van der Waals surface area contributed by atoms with Crippen molar-refractivity contribution < 1.29 is 0 Å². The summed E-state index contributed by atoms with van der Waals surface area (Å²) in [5.41, 5.74) is 0.502. The maximum Gasteiger partial charge on any atom is -0.0357 e. The summed E-state index contributed by atoms with van der Waals surface area (Å²) in [5, 5.41) is 0. The van der Waals surface area contributed by atoms with E-state index in [1.165, 1.54) is 51.4 Å². The summed E-state index contributed by atoms with van der Waals surface area (Å²) in [6.45, 7) is 11.8. The van der Waals surface area contributed by atoms with Crippen LogP contribution in [0.25, 0.3) is 0 Å². The molecule has 0 spiro atoms. The Bertz CT molecular complexity index is 129. The summed E-state index contributed by atoms with van der Waals surface area (Å²) in [7, 11) is 0. The van der Waals surface area contributed by atoms with E-state index in [4.69, 9.17) is 0 Å². The summed E-state index contributed by atoms with van der Waals surface area (Å²) < 4.78 is 0. The first kappa shape index (κ1) is 15.0. The lowest BCUT2D eigenvalue weighted by molar-refractivity contribution is 0.240. The van der Waals surface area contributed by atoms with Gasteiger partial charge in [0, 0.05) is 0 Å². The normalized spacial score (nSPS) is 14.2. The van der Waals surface area contributed by atoms with Crippen molar-refractivity contribution in [3.63, 3.8) is 0 Å². The highest BCUT2D eigenvalue weighted by Gasteiger charge is 2.18. The first-order chi connectivity index (χ1) is 6.98. The lowest BCUT2D eigenvalue weighted by atomic mass is 9.79. The maximum atomic E-state index is 2.40. The van der Waals surface area contributed by atoms with Crippen LogP contribution in [0.2, 0.25) is 0 Å². The molecule has 0 nitrogen and oxygen atoms in total. The van der Waals surface area contributed by atoms with Gasteiger partial charge in [0.15, 0.2) is 0 Å². The van der Waals surface area contributed by atoms with Crippen molar-refractivity contribution >= 4 is 0 Å². The Kier molecular flexibility index (Phi) is 8.19. The molecule has 0 saturated heterocycles. The second kappa shape index (κ2) is 8.19. The highest BCUT2D eigenvalue weighted by Crippen LogP contribution is 2.29. The molecule has 1 unspecified atom stereocenters. The fraction of sp³-hybridized carbons (Fsp3) is 1.00.